The van der Waals surface area contributed by atoms with E-state index < -0.39 is 24.0 Å². The number of carbonyl (C=O) groups is 1. The van der Waals surface area contributed by atoms with Crippen molar-refractivity contribution in [3.05, 3.63) is 23.7 Å². The lowest BCUT2D eigenvalue weighted by atomic mass is 9.84. The van der Waals surface area contributed by atoms with Crippen LogP contribution < -0.4 is 5.32 Å². The van der Waals surface area contributed by atoms with Gasteiger partial charge in [-0.1, -0.05) is 6.42 Å². The third-order valence-corrected chi connectivity index (χ3v) is 3.88. The lowest BCUT2D eigenvalue weighted by molar-refractivity contribution is -0.274. The molecular weight excluding hydrogens is 287 g/mol. The van der Waals surface area contributed by atoms with Crippen molar-refractivity contribution in [3.8, 4) is 0 Å². The van der Waals surface area contributed by atoms with Gasteiger partial charge in [-0.3, -0.25) is 4.79 Å². The fourth-order valence-corrected chi connectivity index (χ4v) is 2.24. The first-order valence-electron chi connectivity index (χ1n) is 6.88. The first-order chi connectivity index (χ1) is 9.74. The molecule has 2 rings (SSSR count). The Morgan fingerprint density at radius 3 is 2.52 bits per heavy atom. The van der Waals surface area contributed by atoms with Crippen LogP contribution in [0.4, 0.5) is 13.2 Å². The molecule has 1 amide bonds. The van der Waals surface area contributed by atoms with E-state index in [1.165, 1.54) is 13.0 Å². The zero-order valence-corrected chi connectivity index (χ0v) is 11.7. The van der Waals surface area contributed by atoms with Gasteiger partial charge in [0.2, 0.25) is 11.5 Å². The van der Waals surface area contributed by atoms with Gasteiger partial charge in [0.1, 0.15) is 11.5 Å². The number of alkyl halides is 3. The molecule has 1 atom stereocenters. The summed E-state index contributed by atoms with van der Waals surface area (Å²) in [6.45, 7) is 1.24. The number of rotatable bonds is 5. The van der Waals surface area contributed by atoms with Crippen molar-refractivity contribution in [2.45, 2.75) is 44.4 Å². The van der Waals surface area contributed by atoms with Gasteiger partial charge in [0, 0.05) is 18.9 Å². The first kappa shape index (κ1) is 15.9. The highest BCUT2D eigenvalue weighted by Crippen LogP contribution is 2.42. The molecule has 7 heteroatoms. The Bertz CT molecular complexity index is 508. The lowest BCUT2D eigenvalue weighted by Gasteiger charge is -2.29. The van der Waals surface area contributed by atoms with Crippen LogP contribution in [0.3, 0.4) is 0 Å². The minimum atomic E-state index is -4.88. The molecule has 2 N–H and O–H groups in total. The number of aliphatic hydroxyl groups is 1. The predicted molar refractivity (Wildman–Crippen MR) is 68.4 cm³/mol. The molecule has 1 heterocycles. The average Bonchev–Trinajstić information content (AvgIpc) is 2.72. The van der Waals surface area contributed by atoms with Gasteiger partial charge in [0.05, 0.1) is 0 Å². The third kappa shape index (κ3) is 3.23. The topological polar surface area (TPSA) is 62.5 Å². The quantitative estimate of drug-likeness (QED) is 0.879. The molecule has 1 aromatic heterocycles. The van der Waals surface area contributed by atoms with Crippen molar-refractivity contribution in [3.63, 3.8) is 0 Å². The molecule has 0 bridgehead atoms. The number of halogens is 3. The van der Waals surface area contributed by atoms with E-state index in [1.807, 2.05) is 0 Å². The van der Waals surface area contributed by atoms with Crippen molar-refractivity contribution >= 4 is 5.91 Å². The molecule has 0 aromatic carbocycles. The molecule has 0 saturated heterocycles. The summed E-state index contributed by atoms with van der Waals surface area (Å²) in [5, 5.41) is 12.4. The fraction of sp³-hybridized carbons (Fsp3) is 0.643. The molecule has 0 spiro atoms. The second-order valence-corrected chi connectivity index (χ2v) is 5.44. The lowest BCUT2D eigenvalue weighted by Crippen LogP contribution is -2.45. The van der Waals surface area contributed by atoms with E-state index in [0.29, 0.717) is 0 Å². The summed E-state index contributed by atoms with van der Waals surface area (Å²) in [6.07, 6.45) is -3.05. The van der Waals surface area contributed by atoms with Crippen molar-refractivity contribution in [2.24, 2.45) is 5.92 Å². The fourth-order valence-electron chi connectivity index (χ4n) is 2.24. The smallest absolute Gasteiger partial charge is 0.424 e. The minimum Gasteiger partial charge on any atom is -0.463 e. The van der Waals surface area contributed by atoms with Crippen molar-refractivity contribution in [1.29, 1.82) is 0 Å². The summed E-state index contributed by atoms with van der Waals surface area (Å²) in [5.41, 5.74) is -3.09. The highest BCUT2D eigenvalue weighted by Gasteiger charge is 2.56. The van der Waals surface area contributed by atoms with Crippen LogP contribution in [0, 0.1) is 12.8 Å². The van der Waals surface area contributed by atoms with Crippen molar-refractivity contribution < 1.29 is 27.5 Å². The SMILES string of the molecule is Cc1ccc([C@](O)(CCNC(=O)C2CCC2)C(F)(F)F)o1. The molecule has 1 saturated carbocycles. The van der Waals surface area contributed by atoms with Gasteiger partial charge in [-0.25, -0.2) is 0 Å². The Balaban J connectivity index is 2.01. The van der Waals surface area contributed by atoms with Crippen molar-refractivity contribution in [2.75, 3.05) is 6.54 Å². The second kappa shape index (κ2) is 5.71. The maximum Gasteiger partial charge on any atom is 0.424 e. The van der Waals surface area contributed by atoms with Gasteiger partial charge in [0.25, 0.3) is 0 Å². The summed E-state index contributed by atoms with van der Waals surface area (Å²) in [7, 11) is 0. The maximum absolute atomic E-state index is 13.1. The van der Waals surface area contributed by atoms with E-state index >= 15 is 0 Å². The average molecular weight is 305 g/mol. The second-order valence-electron chi connectivity index (χ2n) is 5.44. The molecular formula is C14H18F3NO3. The van der Waals surface area contributed by atoms with Gasteiger partial charge < -0.3 is 14.8 Å². The minimum absolute atomic E-state index is 0.102. The highest BCUT2D eigenvalue weighted by molar-refractivity contribution is 5.79. The van der Waals surface area contributed by atoms with Gasteiger partial charge in [-0.2, -0.15) is 13.2 Å². The summed E-state index contributed by atoms with van der Waals surface area (Å²) >= 11 is 0. The molecule has 0 unspecified atom stereocenters. The van der Waals surface area contributed by atoms with E-state index in [2.05, 4.69) is 5.32 Å². The molecule has 1 fully saturated rings. The van der Waals surface area contributed by atoms with Crippen LogP contribution in [0.1, 0.15) is 37.2 Å². The van der Waals surface area contributed by atoms with E-state index in [4.69, 9.17) is 4.42 Å². The zero-order chi connectivity index (χ0) is 15.7. The van der Waals surface area contributed by atoms with Crippen LogP contribution in [-0.4, -0.2) is 23.7 Å². The zero-order valence-electron chi connectivity index (χ0n) is 11.7. The molecule has 21 heavy (non-hydrogen) atoms. The number of amides is 1. The molecule has 1 aliphatic rings. The summed E-state index contributed by atoms with van der Waals surface area (Å²) in [4.78, 5) is 11.6. The molecule has 0 aliphatic heterocycles. The molecule has 0 radical (unpaired) electrons. The Morgan fingerprint density at radius 1 is 1.43 bits per heavy atom. The van der Waals surface area contributed by atoms with Crippen LogP contribution in [0.15, 0.2) is 16.5 Å². The van der Waals surface area contributed by atoms with Crippen molar-refractivity contribution in [1.82, 2.24) is 5.32 Å². The number of furan rings is 1. The number of hydrogen-bond donors (Lipinski definition) is 2. The number of nitrogens with one attached hydrogen (secondary N) is 1. The first-order valence-corrected chi connectivity index (χ1v) is 6.88. The van der Waals surface area contributed by atoms with Crippen LogP contribution in [0.2, 0.25) is 0 Å². The standard InChI is InChI=1S/C14H18F3NO3/c1-9-5-6-11(21-9)13(20,14(15,16)17)7-8-18-12(19)10-3-2-4-10/h5-6,10,20H,2-4,7-8H2,1H3,(H,18,19)/t13-/m1/s1. The highest BCUT2D eigenvalue weighted by atomic mass is 19.4. The monoisotopic (exact) mass is 305 g/mol. The van der Waals surface area contributed by atoms with E-state index in [1.54, 1.807) is 0 Å². The van der Waals surface area contributed by atoms with E-state index in [9.17, 15) is 23.1 Å². The van der Waals surface area contributed by atoms with E-state index in [-0.39, 0.29) is 24.1 Å². The molecule has 1 aromatic rings. The van der Waals surface area contributed by atoms with Crippen LogP contribution in [0.25, 0.3) is 0 Å². The van der Waals surface area contributed by atoms with Gasteiger partial charge in [-0.15, -0.1) is 0 Å². The van der Waals surface area contributed by atoms with Crippen LogP contribution >= 0.6 is 0 Å². The van der Waals surface area contributed by atoms with Gasteiger partial charge in [0.15, 0.2) is 0 Å². The molecule has 4 nitrogen and oxygen atoms in total. The molecule has 118 valence electrons. The Kier molecular flexibility index (Phi) is 4.32. The van der Waals surface area contributed by atoms with E-state index in [0.717, 1.165) is 25.3 Å². The Hall–Kier alpha value is -1.50. The van der Waals surface area contributed by atoms with Crippen LogP contribution in [0.5, 0.6) is 0 Å². The van der Waals surface area contributed by atoms with Gasteiger partial charge in [-0.05, 0) is 31.9 Å². The summed E-state index contributed by atoms with van der Waals surface area (Å²) in [6, 6.07) is 2.47. The number of aryl methyl sites for hydroxylation is 1. The normalized spacial score (nSPS) is 18.9. The summed E-state index contributed by atoms with van der Waals surface area (Å²) in [5.74, 6) is -0.618. The molecule has 1 aliphatic carbocycles. The number of carbonyl (C=O) groups excluding carboxylic acids is 1. The van der Waals surface area contributed by atoms with Crippen LogP contribution in [-0.2, 0) is 10.4 Å². The van der Waals surface area contributed by atoms with Gasteiger partial charge >= 0.3 is 6.18 Å². The third-order valence-electron chi connectivity index (χ3n) is 3.88. The number of hydrogen-bond acceptors (Lipinski definition) is 3. The summed E-state index contributed by atoms with van der Waals surface area (Å²) < 4.78 is 44.3. The maximum atomic E-state index is 13.1. The Morgan fingerprint density at radius 2 is 2.10 bits per heavy atom. The predicted octanol–water partition coefficient (Wildman–Crippen LogP) is 2.64. The Labute approximate surface area is 120 Å². The largest absolute Gasteiger partial charge is 0.463 e.